The smallest absolute Gasteiger partial charge is 0.294 e. The van der Waals surface area contributed by atoms with E-state index in [-0.39, 0.29) is 16.2 Å². The molecular formula is C14H17N3O4S. The molecule has 0 aliphatic heterocycles. The van der Waals surface area contributed by atoms with Gasteiger partial charge in [-0.2, -0.15) is 13.7 Å². The molecule has 0 aliphatic rings. The number of benzene rings is 1. The van der Waals surface area contributed by atoms with Crippen LogP contribution in [0.5, 0.6) is 0 Å². The van der Waals surface area contributed by atoms with E-state index in [1.54, 1.807) is 6.07 Å². The molecule has 0 unspecified atom stereocenters. The van der Waals surface area contributed by atoms with Gasteiger partial charge in [0.2, 0.25) is 0 Å². The molecule has 0 heterocycles. The fourth-order valence-electron chi connectivity index (χ4n) is 1.48. The van der Waals surface area contributed by atoms with Gasteiger partial charge in [-0.25, -0.2) is 0 Å². The van der Waals surface area contributed by atoms with Gasteiger partial charge < -0.3 is 10.6 Å². The van der Waals surface area contributed by atoms with E-state index >= 15 is 0 Å². The second-order valence-corrected chi connectivity index (χ2v) is 6.35. The van der Waals surface area contributed by atoms with Crippen LogP contribution >= 0.6 is 0 Å². The number of nitrogens with one attached hydrogen (secondary N) is 2. The third-order valence-corrected chi connectivity index (χ3v) is 3.38. The van der Waals surface area contributed by atoms with Crippen molar-refractivity contribution >= 4 is 21.7 Å². The van der Waals surface area contributed by atoms with Crippen LogP contribution in [0.2, 0.25) is 0 Å². The Morgan fingerprint density at radius 1 is 1.45 bits per heavy atom. The summed E-state index contributed by atoms with van der Waals surface area (Å²) in [6.45, 7) is 4.57. The molecule has 8 heteroatoms. The number of hydrogen-bond acceptors (Lipinski definition) is 5. The lowest BCUT2D eigenvalue weighted by Crippen LogP contribution is -2.19. The quantitative estimate of drug-likeness (QED) is 0.415. The van der Waals surface area contributed by atoms with Gasteiger partial charge in [0, 0.05) is 18.4 Å². The first-order valence-electron chi connectivity index (χ1n) is 6.46. The van der Waals surface area contributed by atoms with E-state index in [2.05, 4.69) is 10.6 Å². The summed E-state index contributed by atoms with van der Waals surface area (Å²) in [5, 5.41) is 14.2. The van der Waals surface area contributed by atoms with Crippen molar-refractivity contribution in [1.29, 1.82) is 5.26 Å². The molecule has 1 aromatic carbocycles. The zero-order valence-corrected chi connectivity index (χ0v) is 13.0. The first-order valence-corrected chi connectivity index (χ1v) is 7.90. The van der Waals surface area contributed by atoms with Crippen molar-refractivity contribution in [3.8, 4) is 6.07 Å². The third kappa shape index (κ3) is 5.55. The molecule has 7 nitrogen and oxygen atoms in total. The van der Waals surface area contributed by atoms with Gasteiger partial charge in [-0.3, -0.25) is 9.35 Å². The average Bonchev–Trinajstić information content (AvgIpc) is 2.42. The number of amides is 1. The number of anilines is 1. The highest BCUT2D eigenvalue weighted by Crippen LogP contribution is 2.15. The van der Waals surface area contributed by atoms with Gasteiger partial charge in [0.05, 0.1) is 4.90 Å². The number of carbonyl (C=O) groups is 1. The lowest BCUT2D eigenvalue weighted by atomic mass is 10.2. The van der Waals surface area contributed by atoms with E-state index in [1.165, 1.54) is 24.4 Å². The van der Waals surface area contributed by atoms with Crippen LogP contribution in [0.1, 0.15) is 13.8 Å². The molecule has 0 aliphatic carbocycles. The van der Waals surface area contributed by atoms with E-state index in [4.69, 9.17) is 9.81 Å². The van der Waals surface area contributed by atoms with E-state index in [0.717, 1.165) is 6.07 Å². The Bertz CT molecular complexity index is 718. The fourth-order valence-corrected chi connectivity index (χ4v) is 2.00. The molecule has 0 fully saturated rings. The molecule has 0 saturated carbocycles. The molecule has 1 amide bonds. The summed E-state index contributed by atoms with van der Waals surface area (Å²) in [6, 6.07) is 6.87. The van der Waals surface area contributed by atoms with Crippen molar-refractivity contribution in [2.24, 2.45) is 5.92 Å². The molecule has 22 heavy (non-hydrogen) atoms. The van der Waals surface area contributed by atoms with Gasteiger partial charge in [0.1, 0.15) is 11.6 Å². The molecule has 118 valence electrons. The number of nitrogens with zero attached hydrogens (tertiary/aromatic N) is 1. The van der Waals surface area contributed by atoms with Crippen molar-refractivity contribution < 1.29 is 17.8 Å². The van der Waals surface area contributed by atoms with Crippen LogP contribution in [0.25, 0.3) is 0 Å². The van der Waals surface area contributed by atoms with Gasteiger partial charge in [-0.15, -0.1) is 0 Å². The highest BCUT2D eigenvalue weighted by Gasteiger charge is 2.13. The Morgan fingerprint density at radius 2 is 2.14 bits per heavy atom. The molecule has 0 saturated heterocycles. The zero-order chi connectivity index (χ0) is 16.8. The minimum atomic E-state index is -4.35. The molecule has 0 atom stereocenters. The van der Waals surface area contributed by atoms with Crippen molar-refractivity contribution in [3.63, 3.8) is 0 Å². The monoisotopic (exact) mass is 323 g/mol. The Balaban J connectivity index is 2.85. The summed E-state index contributed by atoms with van der Waals surface area (Å²) in [5.74, 6) is -0.322. The Kier molecular flexibility index (Phi) is 6.10. The van der Waals surface area contributed by atoms with Gasteiger partial charge in [-0.1, -0.05) is 19.9 Å². The molecular weight excluding hydrogens is 306 g/mol. The van der Waals surface area contributed by atoms with Crippen LogP contribution in [0.15, 0.2) is 40.9 Å². The van der Waals surface area contributed by atoms with E-state index in [0.29, 0.717) is 12.5 Å². The standard InChI is InChI=1S/C14H17N3O4S/c1-10(2)8-16-9-11(7-15)14(18)17-12-4-3-5-13(6-12)22(19,20)21/h3-6,9-10,16H,8H2,1-2H3,(H,17,18)(H,19,20,21)/b11-9-. The van der Waals surface area contributed by atoms with Gasteiger partial charge in [0.15, 0.2) is 0 Å². The average molecular weight is 323 g/mol. The molecule has 0 radical (unpaired) electrons. The zero-order valence-electron chi connectivity index (χ0n) is 12.2. The molecule has 1 rings (SSSR count). The second-order valence-electron chi connectivity index (χ2n) is 4.93. The van der Waals surface area contributed by atoms with Gasteiger partial charge in [0.25, 0.3) is 16.0 Å². The molecule has 0 bridgehead atoms. The minimum absolute atomic E-state index is 0.141. The first-order chi connectivity index (χ1) is 10.2. The van der Waals surface area contributed by atoms with E-state index in [9.17, 15) is 13.2 Å². The van der Waals surface area contributed by atoms with Crippen LogP contribution in [0, 0.1) is 17.2 Å². The van der Waals surface area contributed by atoms with Gasteiger partial charge >= 0.3 is 0 Å². The number of carbonyl (C=O) groups excluding carboxylic acids is 1. The lowest BCUT2D eigenvalue weighted by Gasteiger charge is -2.07. The van der Waals surface area contributed by atoms with Crippen LogP contribution in [0.3, 0.4) is 0 Å². The molecule has 1 aromatic rings. The number of rotatable bonds is 6. The largest absolute Gasteiger partial charge is 0.389 e. The SMILES string of the molecule is CC(C)CN/C=C(/C#N)C(=O)Nc1cccc(S(=O)(=O)O)c1. The summed E-state index contributed by atoms with van der Waals surface area (Å²) >= 11 is 0. The predicted molar refractivity (Wildman–Crippen MR) is 81.4 cm³/mol. The van der Waals surface area contributed by atoms with Crippen LogP contribution in [-0.2, 0) is 14.9 Å². The Hall–Kier alpha value is -2.37. The summed E-state index contributed by atoms with van der Waals surface area (Å²) in [4.78, 5) is 11.6. The van der Waals surface area contributed by atoms with Crippen LogP contribution in [-0.4, -0.2) is 25.4 Å². The van der Waals surface area contributed by atoms with E-state index < -0.39 is 16.0 Å². The van der Waals surface area contributed by atoms with Crippen molar-refractivity contribution in [1.82, 2.24) is 5.32 Å². The summed E-state index contributed by atoms with van der Waals surface area (Å²) in [5.41, 5.74) is 0.0167. The number of nitriles is 1. The van der Waals surface area contributed by atoms with Gasteiger partial charge in [-0.05, 0) is 24.1 Å². The van der Waals surface area contributed by atoms with Crippen LogP contribution in [0.4, 0.5) is 5.69 Å². The maximum Gasteiger partial charge on any atom is 0.294 e. The highest BCUT2D eigenvalue weighted by atomic mass is 32.2. The molecule has 0 spiro atoms. The highest BCUT2D eigenvalue weighted by molar-refractivity contribution is 7.85. The van der Waals surface area contributed by atoms with Crippen molar-refractivity contribution in [2.75, 3.05) is 11.9 Å². The third-order valence-electron chi connectivity index (χ3n) is 2.53. The Morgan fingerprint density at radius 3 is 2.68 bits per heavy atom. The first kappa shape index (κ1) is 17.7. The maximum absolute atomic E-state index is 11.9. The molecule has 0 aromatic heterocycles. The normalized spacial score (nSPS) is 11.9. The summed E-state index contributed by atoms with van der Waals surface area (Å²) in [7, 11) is -4.35. The predicted octanol–water partition coefficient (Wildman–Crippen LogP) is 1.52. The Labute approximate surface area is 129 Å². The van der Waals surface area contributed by atoms with E-state index in [1.807, 2.05) is 13.8 Å². The van der Waals surface area contributed by atoms with Crippen molar-refractivity contribution in [3.05, 3.63) is 36.0 Å². The second kappa shape index (κ2) is 7.59. The lowest BCUT2D eigenvalue weighted by molar-refractivity contribution is -0.112. The maximum atomic E-state index is 11.9. The van der Waals surface area contributed by atoms with Crippen LogP contribution < -0.4 is 10.6 Å². The fraction of sp³-hybridized carbons (Fsp3) is 0.286. The topological polar surface area (TPSA) is 119 Å². The van der Waals surface area contributed by atoms with Crippen molar-refractivity contribution in [2.45, 2.75) is 18.7 Å². The molecule has 3 N–H and O–H groups in total. The minimum Gasteiger partial charge on any atom is -0.389 e. The summed E-state index contributed by atoms with van der Waals surface area (Å²) in [6.07, 6.45) is 1.31. The summed E-state index contributed by atoms with van der Waals surface area (Å²) < 4.78 is 31.0. The number of hydrogen-bond donors (Lipinski definition) is 3.